The maximum atomic E-state index is 13.1. The van der Waals surface area contributed by atoms with Gasteiger partial charge >= 0.3 is 0 Å². The molecule has 0 aromatic rings. The number of carbonyl (C=O) groups excluding carboxylic acids is 2. The van der Waals surface area contributed by atoms with Gasteiger partial charge in [0, 0.05) is 27.6 Å². The van der Waals surface area contributed by atoms with Crippen molar-refractivity contribution in [3.05, 3.63) is 0 Å². The van der Waals surface area contributed by atoms with Gasteiger partial charge in [0.25, 0.3) is 0 Å². The van der Waals surface area contributed by atoms with Gasteiger partial charge in [-0.1, -0.05) is 83.6 Å². The van der Waals surface area contributed by atoms with Crippen LogP contribution < -0.4 is 0 Å². The minimum Gasteiger partial charge on any atom is -0.364 e. The molecule has 0 aromatic heterocycles. The van der Waals surface area contributed by atoms with E-state index in [1.165, 1.54) is 0 Å². The maximum absolute atomic E-state index is 13.1. The summed E-state index contributed by atoms with van der Waals surface area (Å²) in [5, 5.41) is 0. The predicted octanol–water partition coefficient (Wildman–Crippen LogP) is 7.33. The summed E-state index contributed by atoms with van der Waals surface area (Å²) in [4.78, 5) is 25.7. The van der Waals surface area contributed by atoms with Gasteiger partial charge < -0.3 is 33.2 Å². The van der Waals surface area contributed by atoms with Gasteiger partial charge in [0.1, 0.15) is 12.2 Å². The van der Waals surface area contributed by atoms with Crippen molar-refractivity contribution in [1.29, 1.82) is 0 Å². The van der Waals surface area contributed by atoms with Gasteiger partial charge in [0.05, 0.1) is 36.6 Å². The van der Waals surface area contributed by atoms with Crippen LogP contribution in [0, 0.1) is 53.3 Å². The quantitative estimate of drug-likeness (QED) is 0.218. The van der Waals surface area contributed by atoms with E-state index in [2.05, 4.69) is 76.2 Å². The second kappa shape index (κ2) is 18.2. The Bertz CT molecular complexity index is 1060. The fourth-order valence-corrected chi connectivity index (χ4v) is 8.33. The van der Waals surface area contributed by atoms with Gasteiger partial charge in [-0.3, -0.25) is 9.59 Å². The van der Waals surface area contributed by atoms with E-state index in [0.717, 1.165) is 6.42 Å². The first kappa shape index (κ1) is 44.3. The minimum atomic E-state index is -0.759. The molecule has 4 fully saturated rings. The van der Waals surface area contributed by atoms with Crippen molar-refractivity contribution in [3.8, 4) is 0 Å². The van der Waals surface area contributed by atoms with E-state index in [1.54, 1.807) is 13.8 Å². The van der Waals surface area contributed by atoms with Crippen molar-refractivity contribution < 1.29 is 44.2 Å². The highest BCUT2D eigenvalue weighted by molar-refractivity contribution is 5.81. The van der Waals surface area contributed by atoms with Crippen LogP contribution in [0.2, 0.25) is 0 Å². The normalized spacial score (nSPS) is 48.9. The Morgan fingerprint density at radius 1 is 0.490 bits per heavy atom. The molecule has 20 atom stereocenters. The Hall–Kier alpha value is -0.875. The van der Waals surface area contributed by atoms with Crippen LogP contribution in [0.25, 0.3) is 0 Å². The molecule has 10 heteroatoms. The third-order valence-electron chi connectivity index (χ3n) is 13.0. The number of Topliss-reactive ketones (excluding diaryl/α,β-unsaturated/α-hetero) is 2. The summed E-state index contributed by atoms with van der Waals surface area (Å²) in [6.07, 6.45) is -2.48. The van der Waals surface area contributed by atoms with Gasteiger partial charge in [0.2, 0.25) is 0 Å². The van der Waals surface area contributed by atoms with E-state index < -0.39 is 43.3 Å². The summed E-state index contributed by atoms with van der Waals surface area (Å²) in [6, 6.07) is 0. The lowest BCUT2D eigenvalue weighted by atomic mass is 9.78. The second-order valence-corrected chi connectivity index (χ2v) is 15.8. The molecule has 49 heavy (non-hydrogen) atoms. The predicted molar refractivity (Wildman–Crippen MR) is 194 cm³/mol. The summed E-state index contributed by atoms with van der Waals surface area (Å²) in [5.41, 5.74) is 0. The molecule has 0 bridgehead atoms. The Kier molecular flexibility index (Phi) is 16.5. The number of ketones is 2. The van der Waals surface area contributed by atoms with Crippen LogP contribution in [-0.4, -0.2) is 87.7 Å². The summed E-state index contributed by atoms with van der Waals surface area (Å²) < 4.78 is 46.0. The zero-order valence-electron chi connectivity index (χ0n) is 32.2. The smallest absolute Gasteiger partial charge is 0.162 e. The zero-order chi connectivity index (χ0) is 35.1. The molecule has 4 rings (SSSR count). The van der Waals surface area contributed by atoms with Gasteiger partial charge in [-0.25, -0.2) is 0 Å². The summed E-state index contributed by atoms with van der Waals surface area (Å²) >= 11 is 0. The molecule has 4 heterocycles. The first-order valence-electron chi connectivity index (χ1n) is 18.6. The lowest BCUT2D eigenvalue weighted by molar-refractivity contribution is -0.350. The van der Waals surface area contributed by atoms with Crippen LogP contribution in [-0.2, 0) is 42.7 Å². The second-order valence-electron chi connectivity index (χ2n) is 15.8. The SMILES string of the molecule is C.CCC1O[C@@H](O[C@@H]2C(C(C)=O)O[C@@H](O[C@@H]3C(CC)O[C@H](O[C@@H]4C(C(C)=O)O[C@@H](C)C(C)[C@@H]4C)C(C)[C@H]3C)C(C)[C@H]2C)C(C)[C@@H](C)[C@@H]1C.[2HH].[B]. The van der Waals surface area contributed by atoms with E-state index in [1.807, 2.05) is 6.92 Å². The first-order valence-corrected chi connectivity index (χ1v) is 18.6. The van der Waals surface area contributed by atoms with Gasteiger partial charge in [0.15, 0.2) is 30.4 Å². The van der Waals surface area contributed by atoms with E-state index in [0.29, 0.717) is 18.3 Å². The summed E-state index contributed by atoms with van der Waals surface area (Å²) in [6.45, 7) is 28.9. The molecular formula is C39H72BO9. The highest BCUT2D eigenvalue weighted by Crippen LogP contribution is 2.44. The fourth-order valence-electron chi connectivity index (χ4n) is 8.33. The molecule has 8 unspecified atom stereocenters. The van der Waals surface area contributed by atoms with Crippen molar-refractivity contribution in [1.82, 2.24) is 0 Å². The van der Waals surface area contributed by atoms with E-state index in [9.17, 15) is 9.59 Å². The van der Waals surface area contributed by atoms with Crippen LogP contribution >= 0.6 is 0 Å². The number of carbonyl (C=O) groups is 2. The van der Waals surface area contributed by atoms with E-state index in [4.69, 9.17) is 33.2 Å². The average Bonchev–Trinajstić information content (AvgIpc) is 3.03. The molecule has 0 saturated carbocycles. The Morgan fingerprint density at radius 2 is 0.857 bits per heavy atom. The lowest BCUT2D eigenvalue weighted by Gasteiger charge is -2.51. The first-order chi connectivity index (χ1) is 22.0. The highest BCUT2D eigenvalue weighted by atomic mass is 16.7. The van der Waals surface area contributed by atoms with E-state index >= 15 is 0 Å². The van der Waals surface area contributed by atoms with Gasteiger partial charge in [-0.05, 0) is 69.1 Å². The van der Waals surface area contributed by atoms with Crippen molar-refractivity contribution in [2.24, 2.45) is 53.3 Å². The molecule has 0 spiro atoms. The molecule has 9 nitrogen and oxygen atoms in total. The standard InChI is InChI=1S/C38H66O9.CH4.B.H2/c1-15-29-19(5)17(3)23(9)36(42-29)46-33-22(8)25(11)38(47-35(33)27(13)40)44-31-21(7)24(10)37(43-30(31)16-2)45-32-20(6)18(4)28(14)41-34(32)26(12)39;;;/h17-25,28-38H,15-16H2,1-14H3;1H4;;1H/t17-,18?,19-,20-,21+,22+,23?,24?,25?,28-,29?,30?,31-,32-,33-,34?,35?,36-,37+,38+;;;/m0.../s1/i;;;1+1. The summed E-state index contributed by atoms with van der Waals surface area (Å²) in [7, 11) is 0. The molecule has 4 aliphatic heterocycles. The number of rotatable bonds is 10. The molecule has 285 valence electrons. The summed E-state index contributed by atoms with van der Waals surface area (Å²) in [5.74, 6) is 1.34. The fraction of sp³-hybridized carbons (Fsp3) is 0.949. The van der Waals surface area contributed by atoms with Crippen molar-refractivity contribution in [3.63, 3.8) is 0 Å². The topological polar surface area (TPSA) is 98.8 Å². The van der Waals surface area contributed by atoms with E-state index in [-0.39, 0.29) is 94.7 Å². The third kappa shape index (κ3) is 9.02. The van der Waals surface area contributed by atoms with Crippen molar-refractivity contribution in [2.45, 2.75) is 185 Å². The molecule has 3 radical (unpaired) electrons. The van der Waals surface area contributed by atoms with Gasteiger partial charge in [-0.2, -0.15) is 0 Å². The molecule has 4 saturated heterocycles. The Balaban J connectivity index is 0.00000417. The van der Waals surface area contributed by atoms with Crippen LogP contribution in [0.4, 0.5) is 0 Å². The molecule has 4 aliphatic rings. The minimum absolute atomic E-state index is 0. The highest BCUT2D eigenvalue weighted by Gasteiger charge is 2.52. The molecular weight excluding hydrogens is 623 g/mol. The van der Waals surface area contributed by atoms with Crippen molar-refractivity contribution in [2.75, 3.05) is 0 Å². The number of hydrogen-bond donors (Lipinski definition) is 0. The maximum Gasteiger partial charge on any atom is 0.162 e. The van der Waals surface area contributed by atoms with Crippen LogP contribution in [0.1, 0.15) is 119 Å². The average molecular weight is 697 g/mol. The molecule has 0 aliphatic carbocycles. The molecule has 0 aromatic carbocycles. The zero-order valence-corrected chi connectivity index (χ0v) is 32.2. The molecule has 0 N–H and O–H groups in total. The number of ether oxygens (including phenoxy) is 7. The van der Waals surface area contributed by atoms with Gasteiger partial charge in [-0.15, -0.1) is 0 Å². The Morgan fingerprint density at radius 3 is 1.33 bits per heavy atom. The third-order valence-corrected chi connectivity index (χ3v) is 13.0. The molecule has 0 amide bonds. The monoisotopic (exact) mass is 697 g/mol. The van der Waals surface area contributed by atoms with Crippen LogP contribution in [0.15, 0.2) is 0 Å². The van der Waals surface area contributed by atoms with Crippen LogP contribution in [0.5, 0.6) is 0 Å². The number of hydrogen-bond acceptors (Lipinski definition) is 9. The lowest BCUT2D eigenvalue weighted by Crippen LogP contribution is -2.60. The van der Waals surface area contributed by atoms with Crippen LogP contribution in [0.3, 0.4) is 0 Å². The van der Waals surface area contributed by atoms with Crippen molar-refractivity contribution >= 4 is 20.0 Å². The largest absolute Gasteiger partial charge is 0.364 e. The Labute approximate surface area is 302 Å².